The number of nitrogens with two attached hydrogens (primary N) is 1. The van der Waals surface area contributed by atoms with Gasteiger partial charge in [0.1, 0.15) is 18.6 Å². The molecule has 0 aromatic carbocycles. The Morgan fingerprint density at radius 2 is 1.71 bits per heavy atom. The number of thiol groups is 1. The van der Waals surface area contributed by atoms with Gasteiger partial charge in [-0.2, -0.15) is 24.4 Å². The van der Waals surface area contributed by atoms with Crippen LogP contribution in [0.25, 0.3) is 0 Å². The highest BCUT2D eigenvalue weighted by atomic mass is 32.2. The Morgan fingerprint density at radius 1 is 1.12 bits per heavy atom. The van der Waals surface area contributed by atoms with E-state index in [-0.39, 0.29) is 5.75 Å². The van der Waals surface area contributed by atoms with E-state index in [9.17, 15) is 19.2 Å². The fraction of sp³-hybridized carbons (Fsp3) is 0.692. The third-order valence-electron chi connectivity index (χ3n) is 2.89. The average molecular weight is 380 g/mol. The van der Waals surface area contributed by atoms with Gasteiger partial charge in [-0.1, -0.05) is 0 Å². The van der Waals surface area contributed by atoms with Gasteiger partial charge in [-0.15, -0.1) is 0 Å². The van der Waals surface area contributed by atoms with Crippen LogP contribution in [-0.4, -0.2) is 71.2 Å². The zero-order valence-electron chi connectivity index (χ0n) is 13.6. The van der Waals surface area contributed by atoms with Gasteiger partial charge in [0.2, 0.25) is 17.7 Å². The molecule has 0 radical (unpaired) electrons. The number of carboxylic acids is 1. The number of amides is 3. The summed E-state index contributed by atoms with van der Waals surface area (Å²) in [6.07, 6.45) is 2.16. The Kier molecular flexibility index (Phi) is 11.3. The normalized spacial score (nSPS) is 14.2. The van der Waals surface area contributed by atoms with E-state index in [1.807, 2.05) is 6.26 Å². The topological polar surface area (TPSA) is 151 Å². The molecular weight excluding hydrogens is 356 g/mol. The summed E-state index contributed by atoms with van der Waals surface area (Å²) in [7, 11) is 0. The minimum atomic E-state index is -1.18. The number of hydrogen-bond donors (Lipinski definition) is 6. The fourth-order valence-electron chi connectivity index (χ4n) is 1.56. The SMILES string of the molecule is CSCCC(NC(=O)C(CS)NC(=O)C(C)N)C(=O)NCC(=O)O. The Bertz CT molecular complexity index is 462. The van der Waals surface area contributed by atoms with Crippen molar-refractivity contribution in [1.29, 1.82) is 0 Å². The summed E-state index contributed by atoms with van der Waals surface area (Å²) in [5, 5.41) is 15.8. The van der Waals surface area contributed by atoms with Gasteiger partial charge in [0.15, 0.2) is 0 Å². The predicted molar refractivity (Wildman–Crippen MR) is 95.0 cm³/mol. The summed E-state index contributed by atoms with van der Waals surface area (Å²) in [6, 6.07) is -2.64. The van der Waals surface area contributed by atoms with Crippen LogP contribution < -0.4 is 21.7 Å². The van der Waals surface area contributed by atoms with E-state index in [4.69, 9.17) is 10.8 Å². The fourth-order valence-corrected chi connectivity index (χ4v) is 2.29. The van der Waals surface area contributed by atoms with E-state index in [1.54, 1.807) is 0 Å². The summed E-state index contributed by atoms with van der Waals surface area (Å²) in [5.74, 6) is -2.28. The molecule has 3 amide bonds. The molecule has 0 saturated carbocycles. The van der Waals surface area contributed by atoms with Gasteiger partial charge in [0, 0.05) is 5.75 Å². The van der Waals surface area contributed by atoms with E-state index in [0.717, 1.165) is 0 Å². The second-order valence-electron chi connectivity index (χ2n) is 4.99. The van der Waals surface area contributed by atoms with E-state index in [0.29, 0.717) is 12.2 Å². The molecule has 0 spiro atoms. The Morgan fingerprint density at radius 3 is 2.17 bits per heavy atom. The largest absolute Gasteiger partial charge is 0.480 e. The molecule has 3 unspecified atom stereocenters. The minimum Gasteiger partial charge on any atom is -0.480 e. The van der Waals surface area contributed by atoms with Crippen molar-refractivity contribution in [3.63, 3.8) is 0 Å². The van der Waals surface area contributed by atoms with Gasteiger partial charge in [-0.25, -0.2) is 0 Å². The molecule has 9 nitrogen and oxygen atoms in total. The third kappa shape index (κ3) is 8.99. The molecule has 0 aliphatic carbocycles. The first-order chi connectivity index (χ1) is 11.2. The number of rotatable bonds is 11. The van der Waals surface area contributed by atoms with Gasteiger partial charge in [0.25, 0.3) is 0 Å². The van der Waals surface area contributed by atoms with Crippen molar-refractivity contribution < 1.29 is 24.3 Å². The zero-order valence-corrected chi connectivity index (χ0v) is 15.3. The molecular formula is C13H24N4O5S2. The molecule has 24 heavy (non-hydrogen) atoms. The van der Waals surface area contributed by atoms with E-state index < -0.39 is 48.4 Å². The molecule has 0 heterocycles. The third-order valence-corrected chi connectivity index (χ3v) is 3.90. The van der Waals surface area contributed by atoms with Crippen LogP contribution in [-0.2, 0) is 19.2 Å². The van der Waals surface area contributed by atoms with Gasteiger partial charge in [0.05, 0.1) is 6.04 Å². The standard InChI is InChI=1S/C13H24N4O5S2/c1-7(14)11(20)17-9(6-23)13(22)16-8(3-4-24-2)12(21)15-5-10(18)19/h7-9,23H,3-6,14H2,1-2H3,(H,15,21)(H,16,22)(H,17,20)(H,18,19). The van der Waals surface area contributed by atoms with Crippen LogP contribution in [0.5, 0.6) is 0 Å². The van der Waals surface area contributed by atoms with Crippen LogP contribution in [0.1, 0.15) is 13.3 Å². The summed E-state index contributed by atoms with van der Waals surface area (Å²) >= 11 is 5.49. The van der Waals surface area contributed by atoms with Crippen LogP contribution in [0.15, 0.2) is 0 Å². The summed E-state index contributed by atoms with van der Waals surface area (Å²) in [6.45, 7) is 0.936. The summed E-state index contributed by atoms with van der Waals surface area (Å²) in [4.78, 5) is 46.3. The molecule has 6 N–H and O–H groups in total. The number of carbonyl (C=O) groups excluding carboxylic acids is 3. The minimum absolute atomic E-state index is 0.0241. The molecule has 0 aliphatic heterocycles. The maximum Gasteiger partial charge on any atom is 0.322 e. The Balaban J connectivity index is 4.83. The maximum absolute atomic E-state index is 12.2. The highest BCUT2D eigenvalue weighted by molar-refractivity contribution is 7.98. The van der Waals surface area contributed by atoms with Crippen LogP contribution in [0, 0.1) is 0 Å². The zero-order chi connectivity index (χ0) is 18.7. The number of carboxylic acid groups (broad SMARTS) is 1. The number of aliphatic carboxylic acids is 1. The van der Waals surface area contributed by atoms with Crippen molar-refractivity contribution in [2.24, 2.45) is 5.73 Å². The molecule has 0 aromatic rings. The average Bonchev–Trinajstić information content (AvgIpc) is 2.53. The van der Waals surface area contributed by atoms with Crippen molar-refractivity contribution in [2.75, 3.05) is 24.3 Å². The molecule has 138 valence electrons. The quantitative estimate of drug-likeness (QED) is 0.231. The molecule has 11 heteroatoms. The second-order valence-corrected chi connectivity index (χ2v) is 6.34. The van der Waals surface area contributed by atoms with Gasteiger partial charge < -0.3 is 26.8 Å². The first kappa shape index (κ1) is 22.5. The molecule has 0 bridgehead atoms. The van der Waals surface area contributed by atoms with Gasteiger partial charge >= 0.3 is 5.97 Å². The van der Waals surface area contributed by atoms with Crippen molar-refractivity contribution in [1.82, 2.24) is 16.0 Å². The van der Waals surface area contributed by atoms with Crippen LogP contribution in [0.3, 0.4) is 0 Å². The van der Waals surface area contributed by atoms with Crippen LogP contribution in [0.4, 0.5) is 0 Å². The molecule has 0 fully saturated rings. The lowest BCUT2D eigenvalue weighted by Gasteiger charge is -2.22. The lowest BCUT2D eigenvalue weighted by atomic mass is 10.2. The molecule has 0 aromatic heterocycles. The molecule has 3 atom stereocenters. The molecule has 0 saturated heterocycles. The summed E-state index contributed by atoms with van der Waals surface area (Å²) < 4.78 is 0. The lowest BCUT2D eigenvalue weighted by Crippen LogP contribution is -2.56. The number of hydrogen-bond acceptors (Lipinski definition) is 7. The lowest BCUT2D eigenvalue weighted by molar-refractivity contribution is -0.138. The maximum atomic E-state index is 12.2. The highest BCUT2D eigenvalue weighted by Crippen LogP contribution is 2.02. The van der Waals surface area contributed by atoms with E-state index >= 15 is 0 Å². The second kappa shape index (κ2) is 12.0. The molecule has 0 rings (SSSR count). The molecule has 0 aliphatic rings. The van der Waals surface area contributed by atoms with Crippen molar-refractivity contribution in [3.05, 3.63) is 0 Å². The van der Waals surface area contributed by atoms with Crippen molar-refractivity contribution in [2.45, 2.75) is 31.5 Å². The first-order valence-electron chi connectivity index (χ1n) is 7.18. The van der Waals surface area contributed by atoms with Crippen LogP contribution in [0.2, 0.25) is 0 Å². The summed E-state index contributed by atoms with van der Waals surface area (Å²) in [5.41, 5.74) is 5.43. The first-order valence-corrected chi connectivity index (χ1v) is 9.21. The predicted octanol–water partition coefficient (Wildman–Crippen LogP) is -1.81. The van der Waals surface area contributed by atoms with Gasteiger partial charge in [-0.3, -0.25) is 19.2 Å². The number of carbonyl (C=O) groups is 4. The highest BCUT2D eigenvalue weighted by Gasteiger charge is 2.26. The van der Waals surface area contributed by atoms with Crippen molar-refractivity contribution >= 4 is 48.1 Å². The monoisotopic (exact) mass is 380 g/mol. The van der Waals surface area contributed by atoms with E-state index in [2.05, 4.69) is 28.6 Å². The van der Waals surface area contributed by atoms with E-state index in [1.165, 1.54) is 18.7 Å². The Hall–Kier alpha value is -1.46. The number of thioether (sulfide) groups is 1. The number of nitrogens with one attached hydrogen (secondary N) is 3. The smallest absolute Gasteiger partial charge is 0.322 e. The Labute approximate surface area is 150 Å². The van der Waals surface area contributed by atoms with Crippen molar-refractivity contribution in [3.8, 4) is 0 Å². The van der Waals surface area contributed by atoms with Crippen LogP contribution >= 0.6 is 24.4 Å². The van der Waals surface area contributed by atoms with Gasteiger partial charge in [-0.05, 0) is 25.4 Å².